The van der Waals surface area contributed by atoms with Crippen molar-refractivity contribution >= 4 is 12.0 Å². The molecule has 1 unspecified atom stereocenters. The van der Waals surface area contributed by atoms with Gasteiger partial charge < -0.3 is 15.7 Å². The molecule has 5 nitrogen and oxygen atoms in total. The molecule has 1 aromatic rings. The Morgan fingerprint density at radius 2 is 1.95 bits per heavy atom. The van der Waals surface area contributed by atoms with E-state index >= 15 is 0 Å². The summed E-state index contributed by atoms with van der Waals surface area (Å²) in [5.74, 6) is -1.15. The van der Waals surface area contributed by atoms with E-state index in [0.29, 0.717) is 18.5 Å². The Kier molecular flexibility index (Phi) is 7.21. The quantitative estimate of drug-likeness (QED) is 0.645. The zero-order valence-electron chi connectivity index (χ0n) is 12.1. The molecule has 1 rings (SSSR count). The van der Waals surface area contributed by atoms with Crippen LogP contribution in [-0.4, -0.2) is 23.7 Å². The van der Waals surface area contributed by atoms with Gasteiger partial charge in [-0.25, -0.2) is 9.18 Å². The van der Waals surface area contributed by atoms with Crippen LogP contribution in [0.2, 0.25) is 0 Å². The van der Waals surface area contributed by atoms with Gasteiger partial charge in [0.2, 0.25) is 0 Å². The van der Waals surface area contributed by atoms with Crippen LogP contribution in [0.5, 0.6) is 0 Å². The highest BCUT2D eigenvalue weighted by molar-refractivity contribution is 5.74. The Labute approximate surface area is 123 Å². The van der Waals surface area contributed by atoms with E-state index in [0.717, 1.165) is 12.8 Å². The molecular formula is C15H21FN2O3. The number of hydrogen-bond donors (Lipinski definition) is 3. The summed E-state index contributed by atoms with van der Waals surface area (Å²) in [5, 5.41) is 13.8. The number of carboxylic acid groups (broad SMARTS) is 1. The molecular weight excluding hydrogens is 275 g/mol. The molecule has 6 heteroatoms. The van der Waals surface area contributed by atoms with Gasteiger partial charge in [-0.05, 0) is 25.8 Å². The number of amides is 2. The third kappa shape index (κ3) is 6.74. The van der Waals surface area contributed by atoms with Crippen LogP contribution in [0.4, 0.5) is 9.18 Å². The van der Waals surface area contributed by atoms with Crippen molar-refractivity contribution in [2.24, 2.45) is 0 Å². The van der Waals surface area contributed by atoms with Gasteiger partial charge in [0, 0.05) is 18.5 Å². The van der Waals surface area contributed by atoms with Crippen LogP contribution in [0.15, 0.2) is 24.3 Å². The SMILES string of the molecule is CC(NC(=O)NCCCCCC(=O)O)c1ccccc1F. The van der Waals surface area contributed by atoms with E-state index in [4.69, 9.17) is 5.11 Å². The highest BCUT2D eigenvalue weighted by Crippen LogP contribution is 2.15. The monoisotopic (exact) mass is 296 g/mol. The second kappa shape index (κ2) is 8.94. The largest absolute Gasteiger partial charge is 0.481 e. The first kappa shape index (κ1) is 16.9. The maximum atomic E-state index is 13.5. The van der Waals surface area contributed by atoms with Crippen LogP contribution in [0.1, 0.15) is 44.2 Å². The number of halogens is 1. The highest BCUT2D eigenvalue weighted by Gasteiger charge is 2.12. The third-order valence-electron chi connectivity index (χ3n) is 3.07. The van der Waals surface area contributed by atoms with Gasteiger partial charge in [-0.1, -0.05) is 24.6 Å². The number of unbranched alkanes of at least 4 members (excludes halogenated alkanes) is 2. The molecule has 0 radical (unpaired) electrons. The van der Waals surface area contributed by atoms with Crippen LogP contribution in [0.25, 0.3) is 0 Å². The summed E-state index contributed by atoms with van der Waals surface area (Å²) in [5.41, 5.74) is 0.439. The first-order chi connectivity index (χ1) is 10.0. The van der Waals surface area contributed by atoms with Crippen LogP contribution in [0.3, 0.4) is 0 Å². The van der Waals surface area contributed by atoms with Crippen molar-refractivity contribution in [3.05, 3.63) is 35.6 Å². The van der Waals surface area contributed by atoms with Gasteiger partial charge >= 0.3 is 12.0 Å². The van der Waals surface area contributed by atoms with Crippen LogP contribution >= 0.6 is 0 Å². The first-order valence-corrected chi connectivity index (χ1v) is 7.01. The molecule has 0 saturated heterocycles. The molecule has 21 heavy (non-hydrogen) atoms. The Morgan fingerprint density at radius 1 is 1.24 bits per heavy atom. The number of benzene rings is 1. The molecule has 2 amide bonds. The third-order valence-corrected chi connectivity index (χ3v) is 3.07. The predicted molar refractivity (Wildman–Crippen MR) is 77.5 cm³/mol. The van der Waals surface area contributed by atoms with Gasteiger partial charge in [0.1, 0.15) is 5.82 Å². The summed E-state index contributed by atoms with van der Waals surface area (Å²) in [7, 11) is 0. The van der Waals surface area contributed by atoms with Crippen molar-refractivity contribution in [1.29, 1.82) is 0 Å². The summed E-state index contributed by atoms with van der Waals surface area (Å²) in [6, 6.07) is 5.53. The summed E-state index contributed by atoms with van der Waals surface area (Å²) in [6.07, 6.45) is 2.21. The number of carboxylic acids is 1. The van der Waals surface area contributed by atoms with E-state index in [1.165, 1.54) is 6.07 Å². The van der Waals surface area contributed by atoms with E-state index in [2.05, 4.69) is 10.6 Å². The molecule has 0 aromatic heterocycles. The Balaban J connectivity index is 2.22. The molecule has 0 aliphatic rings. The fourth-order valence-corrected chi connectivity index (χ4v) is 1.93. The van der Waals surface area contributed by atoms with Crippen molar-refractivity contribution in [2.45, 2.75) is 38.6 Å². The Bertz CT molecular complexity index is 480. The van der Waals surface area contributed by atoms with E-state index in [1.807, 2.05) is 0 Å². The number of carbonyl (C=O) groups is 2. The van der Waals surface area contributed by atoms with Crippen molar-refractivity contribution in [2.75, 3.05) is 6.54 Å². The van der Waals surface area contributed by atoms with Gasteiger partial charge in [-0.2, -0.15) is 0 Å². The van der Waals surface area contributed by atoms with Gasteiger partial charge in [0.25, 0.3) is 0 Å². The number of carbonyl (C=O) groups excluding carboxylic acids is 1. The number of rotatable bonds is 8. The molecule has 1 aromatic carbocycles. The summed E-state index contributed by atoms with van der Waals surface area (Å²) in [6.45, 7) is 2.18. The molecule has 0 heterocycles. The second-order valence-corrected chi connectivity index (χ2v) is 4.85. The Morgan fingerprint density at radius 3 is 2.62 bits per heavy atom. The van der Waals surface area contributed by atoms with Crippen molar-refractivity contribution < 1.29 is 19.1 Å². The molecule has 116 valence electrons. The number of nitrogens with one attached hydrogen (secondary N) is 2. The maximum Gasteiger partial charge on any atom is 0.315 e. The molecule has 1 atom stereocenters. The zero-order chi connectivity index (χ0) is 15.7. The summed E-state index contributed by atoms with van der Waals surface area (Å²) in [4.78, 5) is 22.0. The van der Waals surface area contributed by atoms with Gasteiger partial charge in [0.05, 0.1) is 6.04 Å². The fourth-order valence-electron chi connectivity index (χ4n) is 1.93. The lowest BCUT2D eigenvalue weighted by Crippen LogP contribution is -2.37. The summed E-state index contributed by atoms with van der Waals surface area (Å²) >= 11 is 0. The highest BCUT2D eigenvalue weighted by atomic mass is 19.1. The standard InChI is InChI=1S/C15H21FN2O3/c1-11(12-7-4-5-8-13(12)16)18-15(21)17-10-6-2-3-9-14(19)20/h4-5,7-8,11H,2-3,6,9-10H2,1H3,(H,19,20)(H2,17,18,21). The van der Waals surface area contributed by atoms with E-state index < -0.39 is 12.0 Å². The molecule has 0 saturated carbocycles. The van der Waals surface area contributed by atoms with E-state index in [9.17, 15) is 14.0 Å². The molecule has 0 bridgehead atoms. The minimum Gasteiger partial charge on any atom is -0.481 e. The minimum absolute atomic E-state index is 0.149. The van der Waals surface area contributed by atoms with Crippen molar-refractivity contribution in [3.8, 4) is 0 Å². The number of hydrogen-bond acceptors (Lipinski definition) is 2. The molecule has 0 spiro atoms. The Hall–Kier alpha value is -2.11. The average molecular weight is 296 g/mol. The normalized spacial score (nSPS) is 11.7. The topological polar surface area (TPSA) is 78.4 Å². The van der Waals surface area contributed by atoms with E-state index in [-0.39, 0.29) is 18.3 Å². The summed E-state index contributed by atoms with van der Waals surface area (Å²) < 4.78 is 13.5. The lowest BCUT2D eigenvalue weighted by atomic mass is 10.1. The van der Waals surface area contributed by atoms with Crippen LogP contribution < -0.4 is 10.6 Å². The lowest BCUT2D eigenvalue weighted by molar-refractivity contribution is -0.137. The molecule has 0 aliphatic heterocycles. The van der Waals surface area contributed by atoms with Gasteiger partial charge in [-0.3, -0.25) is 4.79 Å². The second-order valence-electron chi connectivity index (χ2n) is 4.85. The van der Waals surface area contributed by atoms with Gasteiger partial charge in [0.15, 0.2) is 0 Å². The molecule has 3 N–H and O–H groups in total. The molecule has 0 fully saturated rings. The van der Waals surface area contributed by atoms with Crippen molar-refractivity contribution in [3.63, 3.8) is 0 Å². The predicted octanol–water partition coefficient (Wildman–Crippen LogP) is 2.83. The van der Waals surface area contributed by atoms with Crippen molar-refractivity contribution in [1.82, 2.24) is 10.6 Å². The maximum absolute atomic E-state index is 13.5. The number of urea groups is 1. The lowest BCUT2D eigenvalue weighted by Gasteiger charge is -2.15. The van der Waals surface area contributed by atoms with E-state index in [1.54, 1.807) is 25.1 Å². The first-order valence-electron chi connectivity index (χ1n) is 7.01. The fraction of sp³-hybridized carbons (Fsp3) is 0.467. The average Bonchev–Trinajstić information content (AvgIpc) is 2.42. The zero-order valence-corrected chi connectivity index (χ0v) is 12.1. The van der Waals surface area contributed by atoms with Gasteiger partial charge in [-0.15, -0.1) is 0 Å². The molecule has 0 aliphatic carbocycles. The minimum atomic E-state index is -0.806. The van der Waals surface area contributed by atoms with Crippen LogP contribution in [0, 0.1) is 5.82 Å². The number of aliphatic carboxylic acids is 1. The van der Waals surface area contributed by atoms with Crippen LogP contribution in [-0.2, 0) is 4.79 Å². The smallest absolute Gasteiger partial charge is 0.315 e.